The minimum atomic E-state index is -0.121. The molecule has 1 aliphatic rings. The van der Waals surface area contributed by atoms with E-state index in [1.54, 1.807) is 0 Å². The van der Waals surface area contributed by atoms with Gasteiger partial charge < -0.3 is 11.1 Å². The molecular formula is C13H26N2O. The highest BCUT2D eigenvalue weighted by molar-refractivity contribution is 5.76. The predicted molar refractivity (Wildman–Crippen MR) is 67.0 cm³/mol. The summed E-state index contributed by atoms with van der Waals surface area (Å²) in [5, 5.41) is 3.68. The number of hydrogen-bond acceptors (Lipinski definition) is 2. The highest BCUT2D eigenvalue weighted by Crippen LogP contribution is 2.25. The molecular weight excluding hydrogens is 200 g/mol. The van der Waals surface area contributed by atoms with E-state index in [1.807, 2.05) is 0 Å². The molecule has 0 aromatic carbocycles. The first kappa shape index (κ1) is 13.5. The third-order valence-electron chi connectivity index (χ3n) is 3.77. The third-order valence-corrected chi connectivity index (χ3v) is 3.77. The molecule has 3 heteroatoms. The molecule has 1 saturated carbocycles. The molecule has 3 unspecified atom stereocenters. The fraction of sp³-hybridized carbons (Fsp3) is 0.923. The standard InChI is InChI=1S/C13H26N2O/c1-4-12(9(2)3)15-11-7-5-6-10(8-11)13(14)16/h9-12,15H,4-8H2,1-3H3,(H2,14,16). The fourth-order valence-electron chi connectivity index (χ4n) is 2.68. The number of primary amides is 1. The molecule has 0 heterocycles. The van der Waals surface area contributed by atoms with Crippen molar-refractivity contribution in [2.75, 3.05) is 0 Å². The first-order chi connectivity index (χ1) is 7.54. The van der Waals surface area contributed by atoms with E-state index < -0.39 is 0 Å². The van der Waals surface area contributed by atoms with E-state index in [1.165, 1.54) is 6.42 Å². The Kier molecular flexibility index (Phi) is 5.26. The van der Waals surface area contributed by atoms with Crippen LogP contribution in [0, 0.1) is 11.8 Å². The summed E-state index contributed by atoms with van der Waals surface area (Å²) in [7, 11) is 0. The molecule has 3 N–H and O–H groups in total. The van der Waals surface area contributed by atoms with Crippen LogP contribution in [0.1, 0.15) is 52.9 Å². The number of nitrogens with two attached hydrogens (primary N) is 1. The van der Waals surface area contributed by atoms with Crippen LogP contribution in [0.2, 0.25) is 0 Å². The Bertz CT molecular complexity index is 228. The van der Waals surface area contributed by atoms with Gasteiger partial charge in [0.1, 0.15) is 0 Å². The summed E-state index contributed by atoms with van der Waals surface area (Å²) in [5.74, 6) is 0.624. The SMILES string of the molecule is CCC(NC1CCCC(C(N)=O)C1)C(C)C. The number of carbonyl (C=O) groups excluding carboxylic acids is 1. The Morgan fingerprint density at radius 3 is 2.62 bits per heavy atom. The summed E-state index contributed by atoms with van der Waals surface area (Å²) in [5.41, 5.74) is 5.39. The van der Waals surface area contributed by atoms with Crippen molar-refractivity contribution in [2.45, 2.75) is 65.0 Å². The first-order valence-electron chi connectivity index (χ1n) is 6.60. The molecule has 0 aromatic rings. The van der Waals surface area contributed by atoms with E-state index in [2.05, 4.69) is 26.1 Å². The van der Waals surface area contributed by atoms with Crippen molar-refractivity contribution in [1.82, 2.24) is 5.32 Å². The van der Waals surface area contributed by atoms with Gasteiger partial charge >= 0.3 is 0 Å². The lowest BCUT2D eigenvalue weighted by molar-refractivity contribution is -0.123. The molecule has 1 amide bonds. The lowest BCUT2D eigenvalue weighted by atomic mass is 9.84. The van der Waals surface area contributed by atoms with E-state index in [0.29, 0.717) is 18.0 Å². The van der Waals surface area contributed by atoms with Crippen molar-refractivity contribution >= 4 is 5.91 Å². The van der Waals surface area contributed by atoms with Crippen molar-refractivity contribution in [1.29, 1.82) is 0 Å². The summed E-state index contributed by atoms with van der Waals surface area (Å²) in [6.45, 7) is 6.71. The lowest BCUT2D eigenvalue weighted by Gasteiger charge is -2.32. The van der Waals surface area contributed by atoms with Gasteiger partial charge in [0.05, 0.1) is 0 Å². The molecule has 94 valence electrons. The van der Waals surface area contributed by atoms with Gasteiger partial charge in [0.15, 0.2) is 0 Å². The monoisotopic (exact) mass is 226 g/mol. The maximum Gasteiger partial charge on any atom is 0.220 e. The van der Waals surface area contributed by atoms with Crippen LogP contribution in [0.3, 0.4) is 0 Å². The molecule has 0 saturated heterocycles. The van der Waals surface area contributed by atoms with Gasteiger partial charge in [-0.1, -0.05) is 27.2 Å². The van der Waals surface area contributed by atoms with Crippen LogP contribution < -0.4 is 11.1 Å². The number of amides is 1. The zero-order valence-corrected chi connectivity index (χ0v) is 10.8. The van der Waals surface area contributed by atoms with E-state index in [0.717, 1.165) is 25.7 Å². The predicted octanol–water partition coefficient (Wildman–Crippen LogP) is 2.05. The van der Waals surface area contributed by atoms with Crippen molar-refractivity contribution < 1.29 is 4.79 Å². The minimum absolute atomic E-state index is 0.0934. The highest BCUT2D eigenvalue weighted by atomic mass is 16.1. The average molecular weight is 226 g/mol. The highest BCUT2D eigenvalue weighted by Gasteiger charge is 2.27. The van der Waals surface area contributed by atoms with Gasteiger partial charge in [-0.3, -0.25) is 4.79 Å². The second kappa shape index (κ2) is 6.24. The summed E-state index contributed by atoms with van der Waals surface area (Å²) < 4.78 is 0. The van der Waals surface area contributed by atoms with Crippen molar-refractivity contribution in [3.63, 3.8) is 0 Å². The van der Waals surface area contributed by atoms with Crippen LogP contribution in [0.4, 0.5) is 0 Å². The Balaban J connectivity index is 2.44. The van der Waals surface area contributed by atoms with Crippen LogP contribution in [0.5, 0.6) is 0 Å². The molecule has 0 spiro atoms. The van der Waals surface area contributed by atoms with Crippen molar-refractivity contribution in [3.8, 4) is 0 Å². The molecule has 1 fully saturated rings. The number of carbonyl (C=O) groups is 1. The van der Waals surface area contributed by atoms with Gasteiger partial charge in [-0.2, -0.15) is 0 Å². The van der Waals surface area contributed by atoms with Crippen molar-refractivity contribution in [2.24, 2.45) is 17.6 Å². The Labute approximate surface area is 99.2 Å². The van der Waals surface area contributed by atoms with Gasteiger partial charge in [0.2, 0.25) is 5.91 Å². The topological polar surface area (TPSA) is 55.1 Å². The Hall–Kier alpha value is -0.570. The van der Waals surface area contributed by atoms with Gasteiger partial charge in [0, 0.05) is 18.0 Å². The molecule has 0 aliphatic heterocycles. The molecule has 3 nitrogen and oxygen atoms in total. The molecule has 0 bridgehead atoms. The molecule has 0 aromatic heterocycles. The Morgan fingerprint density at radius 1 is 1.44 bits per heavy atom. The normalized spacial score (nSPS) is 28.0. The minimum Gasteiger partial charge on any atom is -0.369 e. The van der Waals surface area contributed by atoms with E-state index in [-0.39, 0.29) is 11.8 Å². The number of nitrogens with one attached hydrogen (secondary N) is 1. The largest absolute Gasteiger partial charge is 0.369 e. The average Bonchev–Trinajstić information content (AvgIpc) is 2.25. The smallest absolute Gasteiger partial charge is 0.220 e. The van der Waals surface area contributed by atoms with Gasteiger partial charge in [-0.25, -0.2) is 0 Å². The molecule has 0 radical (unpaired) electrons. The van der Waals surface area contributed by atoms with Crippen LogP contribution in [-0.2, 0) is 4.79 Å². The van der Waals surface area contributed by atoms with E-state index >= 15 is 0 Å². The summed E-state index contributed by atoms with van der Waals surface area (Å²) in [6.07, 6.45) is 5.37. The zero-order valence-electron chi connectivity index (χ0n) is 10.8. The zero-order chi connectivity index (χ0) is 12.1. The third kappa shape index (κ3) is 3.78. The van der Waals surface area contributed by atoms with Gasteiger partial charge in [-0.05, 0) is 31.6 Å². The molecule has 16 heavy (non-hydrogen) atoms. The quantitative estimate of drug-likeness (QED) is 0.754. The van der Waals surface area contributed by atoms with Crippen LogP contribution >= 0.6 is 0 Å². The second-order valence-electron chi connectivity index (χ2n) is 5.39. The van der Waals surface area contributed by atoms with E-state index in [9.17, 15) is 4.79 Å². The van der Waals surface area contributed by atoms with E-state index in [4.69, 9.17) is 5.73 Å². The van der Waals surface area contributed by atoms with Gasteiger partial charge in [-0.15, -0.1) is 0 Å². The summed E-state index contributed by atoms with van der Waals surface area (Å²) in [4.78, 5) is 11.2. The number of rotatable bonds is 5. The van der Waals surface area contributed by atoms with Crippen LogP contribution in [0.15, 0.2) is 0 Å². The summed E-state index contributed by atoms with van der Waals surface area (Å²) >= 11 is 0. The molecule has 3 atom stereocenters. The maximum atomic E-state index is 11.2. The lowest BCUT2D eigenvalue weighted by Crippen LogP contribution is -2.45. The van der Waals surface area contributed by atoms with Crippen LogP contribution in [0.25, 0.3) is 0 Å². The molecule has 1 rings (SSSR count). The Morgan fingerprint density at radius 2 is 2.12 bits per heavy atom. The van der Waals surface area contributed by atoms with Crippen molar-refractivity contribution in [3.05, 3.63) is 0 Å². The summed E-state index contributed by atoms with van der Waals surface area (Å²) in [6, 6.07) is 1.05. The maximum absolute atomic E-state index is 11.2. The second-order valence-corrected chi connectivity index (χ2v) is 5.39. The number of hydrogen-bond donors (Lipinski definition) is 2. The fourth-order valence-corrected chi connectivity index (χ4v) is 2.68. The van der Waals surface area contributed by atoms with Gasteiger partial charge in [0.25, 0.3) is 0 Å². The molecule has 1 aliphatic carbocycles. The van der Waals surface area contributed by atoms with Crippen LogP contribution in [-0.4, -0.2) is 18.0 Å². The first-order valence-corrected chi connectivity index (χ1v) is 6.60.